The third-order valence-electron chi connectivity index (χ3n) is 2.50. The van der Waals surface area contributed by atoms with Crippen molar-refractivity contribution in [1.82, 2.24) is 19.5 Å². The quantitative estimate of drug-likeness (QED) is 0.507. The van der Waals surface area contributed by atoms with Crippen molar-refractivity contribution in [3.05, 3.63) is 46.2 Å². The zero-order valence-corrected chi connectivity index (χ0v) is 11.3. The van der Waals surface area contributed by atoms with Crippen molar-refractivity contribution in [3.63, 3.8) is 0 Å². The lowest BCUT2D eigenvalue weighted by atomic mass is 10.3. The Hall–Kier alpha value is -1.50. The zero-order valence-electron chi connectivity index (χ0n) is 9.13. The number of aryl methyl sites for hydroxylation is 1. The maximum Gasteiger partial charge on any atom is 0.169 e. The van der Waals surface area contributed by atoms with E-state index >= 15 is 0 Å². The van der Waals surface area contributed by atoms with Crippen LogP contribution in [0.2, 0.25) is 0 Å². The third-order valence-corrected chi connectivity index (χ3v) is 3.25. The van der Waals surface area contributed by atoms with Crippen LogP contribution < -0.4 is 0 Å². The van der Waals surface area contributed by atoms with Crippen LogP contribution in [0.5, 0.6) is 0 Å². The van der Waals surface area contributed by atoms with Crippen LogP contribution in [0.15, 0.2) is 36.7 Å². The van der Waals surface area contributed by atoms with Gasteiger partial charge in [0.25, 0.3) is 0 Å². The molecule has 5 heteroatoms. The van der Waals surface area contributed by atoms with E-state index in [4.69, 9.17) is 0 Å². The van der Waals surface area contributed by atoms with Gasteiger partial charge < -0.3 is 0 Å². The summed E-state index contributed by atoms with van der Waals surface area (Å²) in [6.07, 6.45) is 1.79. The van der Waals surface area contributed by atoms with E-state index in [0.717, 1.165) is 26.4 Å². The molecule has 0 fully saturated rings. The van der Waals surface area contributed by atoms with E-state index < -0.39 is 0 Å². The van der Waals surface area contributed by atoms with Gasteiger partial charge in [-0.25, -0.2) is 15.0 Å². The van der Waals surface area contributed by atoms with Crippen LogP contribution in [0.4, 0.5) is 0 Å². The molecule has 0 unspecified atom stereocenters. The van der Waals surface area contributed by atoms with Crippen LogP contribution in [0.1, 0.15) is 5.82 Å². The summed E-state index contributed by atoms with van der Waals surface area (Å²) in [5.41, 5.74) is 2.76. The van der Waals surface area contributed by atoms with E-state index in [-0.39, 0.29) is 0 Å². The van der Waals surface area contributed by atoms with Crippen LogP contribution in [-0.2, 0) is 0 Å². The Kier molecular flexibility index (Phi) is 2.54. The summed E-state index contributed by atoms with van der Waals surface area (Å²) in [5.74, 6) is 0.764. The predicted molar refractivity (Wildman–Crippen MR) is 74.1 cm³/mol. The molecule has 2 heterocycles. The standard InChI is InChI=1S/C12H9IN4/c1-8-15-11(13)10-12(16-8)17(7-14-10)9-5-3-2-4-6-9/h2-7H,1H3. The van der Waals surface area contributed by atoms with Crippen LogP contribution >= 0.6 is 22.6 Å². The van der Waals surface area contributed by atoms with Crippen molar-refractivity contribution < 1.29 is 0 Å². The van der Waals surface area contributed by atoms with Crippen molar-refractivity contribution in [3.8, 4) is 5.69 Å². The molecule has 0 radical (unpaired) electrons. The number of benzene rings is 1. The molecule has 84 valence electrons. The van der Waals surface area contributed by atoms with E-state index in [1.807, 2.05) is 41.8 Å². The van der Waals surface area contributed by atoms with E-state index in [0.29, 0.717) is 0 Å². The molecular formula is C12H9IN4. The number of imidazole rings is 1. The minimum atomic E-state index is 0.764. The summed E-state index contributed by atoms with van der Waals surface area (Å²) < 4.78 is 2.87. The van der Waals surface area contributed by atoms with Gasteiger partial charge in [0.1, 0.15) is 21.4 Å². The highest BCUT2D eigenvalue weighted by Crippen LogP contribution is 2.19. The smallest absolute Gasteiger partial charge is 0.169 e. The Bertz CT molecular complexity index is 676. The first-order valence-corrected chi connectivity index (χ1v) is 6.26. The Labute approximate surface area is 112 Å². The molecule has 3 rings (SSSR count). The molecule has 0 aliphatic rings. The number of fused-ring (bicyclic) bond motifs is 1. The fraction of sp³-hybridized carbons (Fsp3) is 0.0833. The van der Waals surface area contributed by atoms with Crippen LogP contribution in [0.3, 0.4) is 0 Å². The van der Waals surface area contributed by atoms with Gasteiger partial charge in [0.05, 0.1) is 0 Å². The summed E-state index contributed by atoms with van der Waals surface area (Å²) in [7, 11) is 0. The Morgan fingerprint density at radius 3 is 2.65 bits per heavy atom. The van der Waals surface area contributed by atoms with Gasteiger partial charge in [-0.1, -0.05) is 18.2 Å². The molecule has 0 saturated heterocycles. The van der Waals surface area contributed by atoms with Crippen molar-refractivity contribution in [2.75, 3.05) is 0 Å². The van der Waals surface area contributed by atoms with Crippen molar-refractivity contribution in [1.29, 1.82) is 0 Å². The molecular weight excluding hydrogens is 327 g/mol. The predicted octanol–water partition coefficient (Wildman–Crippen LogP) is 2.73. The summed E-state index contributed by atoms with van der Waals surface area (Å²) in [5, 5.41) is 0. The highest BCUT2D eigenvalue weighted by molar-refractivity contribution is 14.1. The molecule has 17 heavy (non-hydrogen) atoms. The van der Waals surface area contributed by atoms with Crippen molar-refractivity contribution in [2.45, 2.75) is 6.92 Å². The maximum absolute atomic E-state index is 4.46. The van der Waals surface area contributed by atoms with Gasteiger partial charge in [0.2, 0.25) is 0 Å². The molecule has 0 aliphatic carbocycles. The summed E-state index contributed by atoms with van der Waals surface area (Å²) >= 11 is 2.19. The number of halogens is 1. The number of nitrogens with zero attached hydrogens (tertiary/aromatic N) is 4. The highest BCUT2D eigenvalue weighted by atomic mass is 127. The number of aromatic nitrogens is 4. The number of rotatable bonds is 1. The Balaban J connectivity index is 2.32. The number of hydrogen-bond donors (Lipinski definition) is 0. The summed E-state index contributed by atoms with van der Waals surface area (Å²) in [6, 6.07) is 10.1. The van der Waals surface area contributed by atoms with Crippen LogP contribution in [0.25, 0.3) is 16.9 Å². The first-order valence-electron chi connectivity index (χ1n) is 5.18. The average Bonchev–Trinajstić information content (AvgIpc) is 2.74. The molecule has 0 amide bonds. The van der Waals surface area contributed by atoms with Gasteiger partial charge in [0.15, 0.2) is 5.65 Å². The van der Waals surface area contributed by atoms with Gasteiger partial charge in [-0.3, -0.25) is 4.57 Å². The lowest BCUT2D eigenvalue weighted by Crippen LogP contribution is -1.97. The third kappa shape index (κ3) is 1.80. The van der Waals surface area contributed by atoms with Crippen LogP contribution in [0, 0.1) is 10.6 Å². The van der Waals surface area contributed by atoms with Gasteiger partial charge in [0, 0.05) is 5.69 Å². The fourth-order valence-corrected chi connectivity index (χ4v) is 2.47. The number of para-hydroxylation sites is 1. The molecule has 0 atom stereocenters. The fourth-order valence-electron chi connectivity index (χ4n) is 1.75. The Morgan fingerprint density at radius 1 is 1.12 bits per heavy atom. The second-order valence-corrected chi connectivity index (χ2v) is 4.71. The monoisotopic (exact) mass is 336 g/mol. The molecule has 0 bridgehead atoms. The summed E-state index contributed by atoms with van der Waals surface area (Å²) in [4.78, 5) is 13.1. The van der Waals surface area contributed by atoms with Gasteiger partial charge in [-0.2, -0.15) is 0 Å². The number of hydrogen-bond acceptors (Lipinski definition) is 3. The maximum atomic E-state index is 4.46. The normalized spacial score (nSPS) is 10.9. The molecule has 0 spiro atoms. The summed E-state index contributed by atoms with van der Waals surface area (Å²) in [6.45, 7) is 1.89. The molecule has 4 nitrogen and oxygen atoms in total. The molecule has 0 aliphatic heterocycles. The molecule has 2 aromatic heterocycles. The van der Waals surface area contributed by atoms with E-state index in [9.17, 15) is 0 Å². The highest BCUT2D eigenvalue weighted by Gasteiger charge is 2.10. The lowest BCUT2D eigenvalue weighted by molar-refractivity contribution is 1.02. The van der Waals surface area contributed by atoms with E-state index in [1.165, 1.54) is 0 Å². The largest absolute Gasteiger partial charge is 0.283 e. The van der Waals surface area contributed by atoms with Gasteiger partial charge in [-0.15, -0.1) is 0 Å². The van der Waals surface area contributed by atoms with E-state index in [1.54, 1.807) is 6.33 Å². The van der Waals surface area contributed by atoms with Crippen molar-refractivity contribution in [2.24, 2.45) is 0 Å². The molecule has 0 N–H and O–H groups in total. The second-order valence-electron chi connectivity index (χ2n) is 3.68. The van der Waals surface area contributed by atoms with E-state index in [2.05, 4.69) is 37.5 Å². The van der Waals surface area contributed by atoms with Gasteiger partial charge >= 0.3 is 0 Å². The molecule has 3 aromatic rings. The van der Waals surface area contributed by atoms with Crippen LogP contribution in [-0.4, -0.2) is 19.5 Å². The first kappa shape index (κ1) is 10.6. The van der Waals surface area contributed by atoms with Gasteiger partial charge in [-0.05, 0) is 41.6 Å². The molecule has 0 saturated carbocycles. The van der Waals surface area contributed by atoms with Crippen molar-refractivity contribution >= 4 is 33.8 Å². The minimum Gasteiger partial charge on any atom is -0.283 e. The SMILES string of the molecule is Cc1nc(I)c2ncn(-c3ccccc3)c2n1. The lowest BCUT2D eigenvalue weighted by Gasteiger charge is -2.03. The Morgan fingerprint density at radius 2 is 1.88 bits per heavy atom. The average molecular weight is 336 g/mol. The first-order chi connectivity index (χ1) is 8.25. The second kappa shape index (κ2) is 4.06. The zero-order chi connectivity index (χ0) is 11.8. The topological polar surface area (TPSA) is 43.6 Å². The molecule has 1 aromatic carbocycles. The minimum absolute atomic E-state index is 0.764.